The molecule has 1 aliphatic rings. The number of urea groups is 1. The van der Waals surface area contributed by atoms with Crippen LogP contribution < -0.4 is 16.0 Å². The average Bonchev–Trinajstić information content (AvgIpc) is 2.74. The van der Waals surface area contributed by atoms with Gasteiger partial charge in [-0.15, -0.1) is 0 Å². The summed E-state index contributed by atoms with van der Waals surface area (Å²) >= 11 is 0. The fourth-order valence-electron chi connectivity index (χ4n) is 3.80. The zero-order valence-corrected chi connectivity index (χ0v) is 18.1. The van der Waals surface area contributed by atoms with Crippen molar-refractivity contribution in [3.05, 3.63) is 54.1 Å². The van der Waals surface area contributed by atoms with Crippen molar-refractivity contribution in [1.82, 2.24) is 4.90 Å². The number of para-hydroxylation sites is 1. The van der Waals surface area contributed by atoms with Gasteiger partial charge in [-0.2, -0.15) is 0 Å². The normalized spacial score (nSPS) is 16.8. The first-order valence-corrected chi connectivity index (χ1v) is 11.7. The number of carbonyl (C=O) groups excluding carboxylic acids is 1. The predicted molar refractivity (Wildman–Crippen MR) is 121 cm³/mol. The van der Waals surface area contributed by atoms with E-state index in [0.717, 1.165) is 44.6 Å². The maximum absolute atomic E-state index is 11.8. The summed E-state index contributed by atoms with van der Waals surface area (Å²) in [5.74, 6) is 0. The zero-order valence-electron chi connectivity index (χ0n) is 17.3. The van der Waals surface area contributed by atoms with Gasteiger partial charge in [-0.1, -0.05) is 24.3 Å². The lowest BCUT2D eigenvalue weighted by Crippen LogP contribution is -2.50. The van der Waals surface area contributed by atoms with E-state index in [-0.39, 0.29) is 0 Å². The van der Waals surface area contributed by atoms with Crippen LogP contribution in [0, 0.1) is 0 Å². The Morgan fingerprint density at radius 2 is 1.87 bits per heavy atom. The minimum absolute atomic E-state index is 0.464. The smallest absolute Gasteiger partial charge is 0.316 e. The SMILES string of the molecule is CS(=O)c1ccc(CCCC(O)N2CCN(c3ccccc3)CC2)cc1NC(N)=O. The van der Waals surface area contributed by atoms with Crippen LogP contribution in [0.4, 0.5) is 16.2 Å². The molecule has 1 aliphatic heterocycles. The third kappa shape index (κ3) is 6.04. The molecule has 162 valence electrons. The highest BCUT2D eigenvalue weighted by Gasteiger charge is 2.22. The topological polar surface area (TPSA) is 98.9 Å². The summed E-state index contributed by atoms with van der Waals surface area (Å²) in [7, 11) is -1.22. The molecule has 0 spiro atoms. The van der Waals surface area contributed by atoms with Crippen LogP contribution in [0.25, 0.3) is 0 Å². The Morgan fingerprint density at radius 3 is 2.50 bits per heavy atom. The van der Waals surface area contributed by atoms with Gasteiger partial charge in [0.25, 0.3) is 0 Å². The third-order valence-corrected chi connectivity index (χ3v) is 6.37. The molecule has 30 heavy (non-hydrogen) atoms. The molecule has 0 aromatic heterocycles. The van der Waals surface area contributed by atoms with E-state index in [0.29, 0.717) is 17.0 Å². The van der Waals surface area contributed by atoms with Crippen molar-refractivity contribution in [2.24, 2.45) is 5.73 Å². The van der Waals surface area contributed by atoms with E-state index in [4.69, 9.17) is 5.73 Å². The molecule has 1 fully saturated rings. The number of hydrogen-bond donors (Lipinski definition) is 3. The number of benzene rings is 2. The van der Waals surface area contributed by atoms with Crippen LogP contribution in [-0.2, 0) is 17.2 Å². The van der Waals surface area contributed by atoms with Gasteiger partial charge in [-0.3, -0.25) is 9.11 Å². The van der Waals surface area contributed by atoms with E-state index in [2.05, 4.69) is 27.2 Å². The molecule has 8 heteroatoms. The van der Waals surface area contributed by atoms with Gasteiger partial charge in [0.1, 0.15) is 6.23 Å². The van der Waals surface area contributed by atoms with Crippen molar-refractivity contribution >= 4 is 28.2 Å². The highest BCUT2D eigenvalue weighted by atomic mass is 32.2. The van der Waals surface area contributed by atoms with Crippen LogP contribution >= 0.6 is 0 Å². The Balaban J connectivity index is 1.48. The van der Waals surface area contributed by atoms with Crippen molar-refractivity contribution in [3.8, 4) is 0 Å². The first kappa shape index (κ1) is 22.3. The molecule has 2 aromatic carbocycles. The lowest BCUT2D eigenvalue weighted by molar-refractivity contribution is -0.00665. The molecule has 0 radical (unpaired) electrons. The second-order valence-electron chi connectivity index (χ2n) is 7.51. The largest absolute Gasteiger partial charge is 0.378 e. The number of aliphatic hydroxyl groups is 1. The molecule has 0 bridgehead atoms. The molecule has 2 aromatic rings. The van der Waals surface area contributed by atoms with Crippen molar-refractivity contribution in [3.63, 3.8) is 0 Å². The molecule has 2 unspecified atom stereocenters. The van der Waals surface area contributed by atoms with Crippen LogP contribution in [0.1, 0.15) is 18.4 Å². The first-order valence-electron chi connectivity index (χ1n) is 10.2. The van der Waals surface area contributed by atoms with Crippen LogP contribution in [0.2, 0.25) is 0 Å². The van der Waals surface area contributed by atoms with Gasteiger partial charge < -0.3 is 21.1 Å². The maximum Gasteiger partial charge on any atom is 0.316 e. The van der Waals surface area contributed by atoms with Gasteiger partial charge in [-0.25, -0.2) is 4.79 Å². The van der Waals surface area contributed by atoms with Crippen molar-refractivity contribution < 1.29 is 14.1 Å². The highest BCUT2D eigenvalue weighted by molar-refractivity contribution is 7.84. The predicted octanol–water partition coefficient (Wildman–Crippen LogP) is 2.38. The molecular weight excluding hydrogens is 400 g/mol. The van der Waals surface area contributed by atoms with Gasteiger partial charge in [0.2, 0.25) is 0 Å². The fourth-order valence-corrected chi connectivity index (χ4v) is 4.48. The van der Waals surface area contributed by atoms with Crippen molar-refractivity contribution in [1.29, 1.82) is 0 Å². The summed E-state index contributed by atoms with van der Waals surface area (Å²) in [6.07, 6.45) is 3.34. The summed E-state index contributed by atoms with van der Waals surface area (Å²) in [5.41, 5.74) is 7.94. The second kappa shape index (κ2) is 10.6. The number of nitrogens with one attached hydrogen (secondary N) is 1. The first-order chi connectivity index (χ1) is 14.4. The number of primary amides is 1. The lowest BCUT2D eigenvalue weighted by Gasteiger charge is -2.38. The van der Waals surface area contributed by atoms with Crippen LogP contribution in [-0.4, -0.2) is 58.9 Å². The van der Waals surface area contributed by atoms with Crippen molar-refractivity contribution in [2.45, 2.75) is 30.4 Å². The Morgan fingerprint density at radius 1 is 1.17 bits per heavy atom. The van der Waals surface area contributed by atoms with Crippen LogP contribution in [0.5, 0.6) is 0 Å². The number of hydrogen-bond acceptors (Lipinski definition) is 5. The Kier molecular flexibility index (Phi) is 7.84. The summed E-state index contributed by atoms with van der Waals surface area (Å²) in [4.78, 5) is 16.2. The van der Waals surface area contributed by atoms with E-state index in [1.807, 2.05) is 30.3 Å². The quantitative estimate of drug-likeness (QED) is 0.597. The Hall–Kier alpha value is -2.42. The second-order valence-corrected chi connectivity index (χ2v) is 8.85. The summed E-state index contributed by atoms with van der Waals surface area (Å²) in [5, 5.41) is 13.1. The monoisotopic (exact) mass is 430 g/mol. The number of nitrogens with two attached hydrogens (primary N) is 1. The van der Waals surface area contributed by atoms with E-state index < -0.39 is 23.1 Å². The highest BCUT2D eigenvalue weighted by Crippen LogP contribution is 2.23. The number of aryl methyl sites for hydroxylation is 1. The summed E-state index contributed by atoms with van der Waals surface area (Å²) in [6.45, 7) is 3.47. The van der Waals surface area contributed by atoms with Gasteiger partial charge >= 0.3 is 6.03 Å². The van der Waals surface area contributed by atoms with Gasteiger partial charge in [0, 0.05) is 38.1 Å². The molecule has 3 rings (SSSR count). The van der Waals surface area contributed by atoms with Crippen molar-refractivity contribution in [2.75, 3.05) is 42.7 Å². The number of amides is 2. The molecule has 1 saturated heterocycles. The van der Waals surface area contributed by atoms with Gasteiger partial charge in [0.15, 0.2) is 0 Å². The van der Waals surface area contributed by atoms with Crippen LogP contribution in [0.3, 0.4) is 0 Å². The summed E-state index contributed by atoms with van der Waals surface area (Å²) in [6, 6.07) is 15.2. The minimum Gasteiger partial charge on any atom is -0.378 e. The number of rotatable bonds is 8. The minimum atomic E-state index is -1.22. The van der Waals surface area contributed by atoms with E-state index in [9.17, 15) is 14.1 Å². The molecule has 2 atom stereocenters. The molecule has 2 amide bonds. The van der Waals surface area contributed by atoms with E-state index in [1.54, 1.807) is 12.3 Å². The molecule has 1 heterocycles. The number of anilines is 2. The maximum atomic E-state index is 11.8. The number of nitrogens with zero attached hydrogens (tertiary/aromatic N) is 2. The molecule has 0 aliphatic carbocycles. The number of piperazine rings is 1. The fraction of sp³-hybridized carbons (Fsp3) is 0.409. The molecule has 7 nitrogen and oxygen atoms in total. The number of carbonyl (C=O) groups is 1. The molecule has 4 N–H and O–H groups in total. The van der Waals surface area contributed by atoms with Gasteiger partial charge in [-0.05, 0) is 49.1 Å². The Labute approximate surface area is 180 Å². The summed E-state index contributed by atoms with van der Waals surface area (Å²) < 4.78 is 11.8. The van der Waals surface area contributed by atoms with E-state index >= 15 is 0 Å². The molecule has 0 saturated carbocycles. The molecular formula is C22H30N4O3S. The lowest BCUT2D eigenvalue weighted by atomic mass is 10.1. The zero-order chi connectivity index (χ0) is 21.5. The van der Waals surface area contributed by atoms with Gasteiger partial charge in [0.05, 0.1) is 21.4 Å². The Bertz CT molecular complexity index is 870. The van der Waals surface area contributed by atoms with E-state index in [1.165, 1.54) is 5.69 Å². The number of aliphatic hydroxyl groups excluding tert-OH is 1. The standard InChI is InChI=1S/C22H30N4O3S/c1-30(29)20-11-10-17(16-19(20)24-22(23)28)6-5-9-21(27)26-14-12-25(13-15-26)18-7-3-2-4-8-18/h2-4,7-8,10-11,16,21,27H,5-6,9,12-15H2,1H3,(H3,23,24,28). The average molecular weight is 431 g/mol. The third-order valence-electron chi connectivity index (χ3n) is 5.40. The van der Waals surface area contributed by atoms with Crippen LogP contribution in [0.15, 0.2) is 53.4 Å².